The maximum atomic E-state index is 10.7. The van der Waals surface area contributed by atoms with Crippen molar-refractivity contribution >= 4 is 18.1 Å². The van der Waals surface area contributed by atoms with Gasteiger partial charge in [-0.1, -0.05) is 11.2 Å². The molecule has 2 aromatic rings. The number of non-ortho nitro benzene ring substituents is 1. The zero-order valence-electron chi connectivity index (χ0n) is 10.5. The summed E-state index contributed by atoms with van der Waals surface area (Å²) in [4.78, 5) is 14.5. The molecule has 20 heavy (non-hydrogen) atoms. The van der Waals surface area contributed by atoms with Crippen LogP contribution in [0.15, 0.2) is 28.8 Å². The maximum absolute atomic E-state index is 10.7. The fourth-order valence-corrected chi connectivity index (χ4v) is 2.08. The van der Waals surface area contributed by atoms with E-state index >= 15 is 0 Å². The van der Waals surface area contributed by atoms with Crippen LogP contribution in [0.3, 0.4) is 0 Å². The van der Waals surface area contributed by atoms with Gasteiger partial charge in [-0.05, 0) is 25.3 Å². The monoisotopic (exact) mass is 296 g/mol. The maximum Gasteiger partial charge on any atom is 0.270 e. The van der Waals surface area contributed by atoms with Gasteiger partial charge in [-0.25, -0.2) is 0 Å². The van der Waals surface area contributed by atoms with Gasteiger partial charge in [0.15, 0.2) is 5.82 Å². The summed E-state index contributed by atoms with van der Waals surface area (Å²) in [5.74, 6) is 0.732. The highest BCUT2D eigenvalue weighted by Crippen LogP contribution is 2.37. The molecule has 8 heteroatoms. The van der Waals surface area contributed by atoms with E-state index in [1.807, 2.05) is 0 Å². The summed E-state index contributed by atoms with van der Waals surface area (Å²) in [6, 6.07) is 6.09. The molecule has 2 N–H and O–H groups in total. The summed E-state index contributed by atoms with van der Waals surface area (Å²) in [6.45, 7) is 0. The zero-order chi connectivity index (χ0) is 13.5. The second-order valence-corrected chi connectivity index (χ2v) is 4.74. The Bertz CT molecular complexity index is 639. The molecule has 0 unspecified atom stereocenters. The fraction of sp³-hybridized carbons (Fsp3) is 0.333. The molecular weight excluding hydrogens is 284 g/mol. The number of nitrogens with zero attached hydrogens (tertiary/aromatic N) is 3. The molecule has 106 valence electrons. The third kappa shape index (κ3) is 2.37. The highest BCUT2D eigenvalue weighted by molar-refractivity contribution is 5.85. The molecule has 1 aromatic carbocycles. The quantitative estimate of drug-likeness (QED) is 0.688. The standard InChI is InChI=1S/C12H12N4O3.ClH/c13-12(5-2-6-12)11-14-10(19-15-11)8-3-1-4-9(7-8)16(17)18;/h1,3-4,7H,2,5-6,13H2;1H. The summed E-state index contributed by atoms with van der Waals surface area (Å²) >= 11 is 0. The molecule has 1 aromatic heterocycles. The molecule has 1 saturated carbocycles. The predicted molar refractivity (Wildman–Crippen MR) is 73.4 cm³/mol. The highest BCUT2D eigenvalue weighted by atomic mass is 35.5. The van der Waals surface area contributed by atoms with Gasteiger partial charge in [0.05, 0.1) is 10.5 Å². The molecule has 1 fully saturated rings. The van der Waals surface area contributed by atoms with Crippen LogP contribution in [0.4, 0.5) is 5.69 Å². The summed E-state index contributed by atoms with van der Waals surface area (Å²) in [6.07, 6.45) is 2.72. The zero-order valence-corrected chi connectivity index (χ0v) is 11.3. The number of benzene rings is 1. The molecule has 1 aliphatic carbocycles. The van der Waals surface area contributed by atoms with Crippen LogP contribution in [0.5, 0.6) is 0 Å². The Kier molecular flexibility index (Phi) is 3.74. The average Bonchev–Trinajstić information content (AvgIpc) is 2.86. The van der Waals surface area contributed by atoms with E-state index in [4.69, 9.17) is 10.3 Å². The van der Waals surface area contributed by atoms with Crippen LogP contribution in [-0.4, -0.2) is 15.1 Å². The molecule has 1 heterocycles. The Hall–Kier alpha value is -1.99. The molecule has 0 atom stereocenters. The summed E-state index contributed by atoms with van der Waals surface area (Å²) in [5.41, 5.74) is 6.12. The second kappa shape index (κ2) is 5.18. The fourth-order valence-electron chi connectivity index (χ4n) is 2.08. The molecule has 0 bridgehead atoms. The van der Waals surface area contributed by atoms with E-state index in [2.05, 4.69) is 10.1 Å². The van der Waals surface area contributed by atoms with E-state index in [1.54, 1.807) is 12.1 Å². The molecule has 1 aliphatic rings. The normalized spacial score (nSPS) is 16.1. The smallest absolute Gasteiger partial charge is 0.270 e. The largest absolute Gasteiger partial charge is 0.334 e. The van der Waals surface area contributed by atoms with Crippen molar-refractivity contribution in [3.63, 3.8) is 0 Å². The molecule has 0 saturated heterocycles. The SMILES string of the molecule is Cl.NC1(c2noc(-c3cccc([N+](=O)[O-])c3)n2)CCC1. The second-order valence-electron chi connectivity index (χ2n) is 4.74. The van der Waals surface area contributed by atoms with Gasteiger partial charge in [-0.2, -0.15) is 4.98 Å². The summed E-state index contributed by atoms with van der Waals surface area (Å²) in [7, 11) is 0. The number of hydrogen-bond acceptors (Lipinski definition) is 6. The van der Waals surface area contributed by atoms with E-state index < -0.39 is 10.5 Å². The van der Waals surface area contributed by atoms with Gasteiger partial charge in [-0.15, -0.1) is 12.4 Å². The third-order valence-corrected chi connectivity index (χ3v) is 3.42. The van der Waals surface area contributed by atoms with Crippen LogP contribution in [0.2, 0.25) is 0 Å². The van der Waals surface area contributed by atoms with Gasteiger partial charge in [0, 0.05) is 17.7 Å². The molecular formula is C12H13ClN4O3. The number of halogens is 1. The van der Waals surface area contributed by atoms with Crippen molar-refractivity contribution in [2.75, 3.05) is 0 Å². The number of hydrogen-bond donors (Lipinski definition) is 1. The number of nitro groups is 1. The van der Waals surface area contributed by atoms with Gasteiger partial charge in [0.2, 0.25) is 0 Å². The number of aromatic nitrogens is 2. The van der Waals surface area contributed by atoms with Gasteiger partial charge in [-0.3, -0.25) is 10.1 Å². The lowest BCUT2D eigenvalue weighted by Gasteiger charge is -2.34. The Labute approximate surface area is 120 Å². The number of nitro benzene ring substituents is 1. The van der Waals surface area contributed by atoms with Crippen molar-refractivity contribution in [1.82, 2.24) is 10.1 Å². The van der Waals surface area contributed by atoms with Crippen molar-refractivity contribution in [2.45, 2.75) is 24.8 Å². The highest BCUT2D eigenvalue weighted by Gasteiger charge is 2.39. The van der Waals surface area contributed by atoms with Crippen LogP contribution in [0, 0.1) is 10.1 Å². The van der Waals surface area contributed by atoms with Gasteiger partial charge >= 0.3 is 0 Å². The molecule has 0 amide bonds. The Balaban J connectivity index is 0.00000147. The first kappa shape index (κ1) is 14.4. The third-order valence-electron chi connectivity index (χ3n) is 3.42. The van der Waals surface area contributed by atoms with Crippen LogP contribution in [0.25, 0.3) is 11.5 Å². The first-order chi connectivity index (χ1) is 9.08. The van der Waals surface area contributed by atoms with Crippen LogP contribution in [-0.2, 0) is 5.54 Å². The predicted octanol–water partition coefficient (Wildman–Crippen LogP) is 2.40. The van der Waals surface area contributed by atoms with Crippen LogP contribution >= 0.6 is 12.4 Å². The molecule has 0 spiro atoms. The van der Waals surface area contributed by atoms with Crippen LogP contribution < -0.4 is 5.73 Å². The van der Waals surface area contributed by atoms with E-state index in [-0.39, 0.29) is 24.0 Å². The minimum Gasteiger partial charge on any atom is -0.334 e. The van der Waals surface area contributed by atoms with Crippen LogP contribution in [0.1, 0.15) is 25.1 Å². The topological polar surface area (TPSA) is 108 Å². The first-order valence-electron chi connectivity index (χ1n) is 5.96. The van der Waals surface area contributed by atoms with E-state index in [0.717, 1.165) is 19.3 Å². The molecule has 7 nitrogen and oxygen atoms in total. The Morgan fingerprint density at radius 1 is 1.40 bits per heavy atom. The average molecular weight is 297 g/mol. The van der Waals surface area contributed by atoms with Gasteiger partial charge in [0.1, 0.15) is 0 Å². The summed E-state index contributed by atoms with van der Waals surface area (Å²) in [5, 5.41) is 14.6. The van der Waals surface area contributed by atoms with Crippen molar-refractivity contribution in [3.8, 4) is 11.5 Å². The number of nitrogens with two attached hydrogens (primary N) is 1. The first-order valence-corrected chi connectivity index (χ1v) is 5.96. The van der Waals surface area contributed by atoms with E-state index in [9.17, 15) is 10.1 Å². The lowest BCUT2D eigenvalue weighted by molar-refractivity contribution is -0.384. The Morgan fingerprint density at radius 2 is 2.15 bits per heavy atom. The molecule has 3 rings (SSSR count). The Morgan fingerprint density at radius 3 is 2.75 bits per heavy atom. The molecule has 0 aliphatic heterocycles. The van der Waals surface area contributed by atoms with Gasteiger partial charge < -0.3 is 10.3 Å². The number of rotatable bonds is 3. The minimum absolute atomic E-state index is 0. The van der Waals surface area contributed by atoms with Crippen molar-refractivity contribution < 1.29 is 9.45 Å². The van der Waals surface area contributed by atoms with Crippen molar-refractivity contribution in [1.29, 1.82) is 0 Å². The van der Waals surface area contributed by atoms with Crippen molar-refractivity contribution in [3.05, 3.63) is 40.2 Å². The lowest BCUT2D eigenvalue weighted by atomic mass is 9.77. The minimum atomic E-state index is -0.498. The van der Waals surface area contributed by atoms with E-state index in [1.165, 1.54) is 12.1 Å². The summed E-state index contributed by atoms with van der Waals surface area (Å²) < 4.78 is 5.14. The van der Waals surface area contributed by atoms with Gasteiger partial charge in [0.25, 0.3) is 11.6 Å². The lowest BCUT2D eigenvalue weighted by Crippen LogP contribution is -2.44. The molecule has 0 radical (unpaired) electrons. The van der Waals surface area contributed by atoms with Crippen molar-refractivity contribution in [2.24, 2.45) is 5.73 Å². The van der Waals surface area contributed by atoms with E-state index in [0.29, 0.717) is 11.4 Å².